The molecule has 0 aliphatic heterocycles. The molecule has 174 valence electrons. The Morgan fingerprint density at radius 3 is 2.37 bits per heavy atom. The number of carboxylic acids is 1. The quantitative estimate of drug-likeness (QED) is 0.255. The number of pyridine rings is 1. The summed E-state index contributed by atoms with van der Waals surface area (Å²) >= 11 is 0. The highest BCUT2D eigenvalue weighted by Crippen LogP contribution is 2.23. The molecule has 0 saturated heterocycles. The van der Waals surface area contributed by atoms with Crippen molar-refractivity contribution in [3.05, 3.63) is 119 Å². The number of carboxylic acid groups (broad SMARTS) is 1. The van der Waals surface area contributed by atoms with Crippen molar-refractivity contribution in [2.75, 3.05) is 6.61 Å². The molecule has 0 amide bonds. The Balaban J connectivity index is 1.17. The predicted molar refractivity (Wildman–Crippen MR) is 137 cm³/mol. The van der Waals surface area contributed by atoms with E-state index in [9.17, 15) is 4.79 Å². The van der Waals surface area contributed by atoms with E-state index in [4.69, 9.17) is 14.6 Å². The van der Waals surface area contributed by atoms with Gasteiger partial charge in [-0.3, -0.25) is 0 Å². The molecule has 0 aliphatic carbocycles. The van der Waals surface area contributed by atoms with Gasteiger partial charge in [-0.05, 0) is 70.8 Å². The summed E-state index contributed by atoms with van der Waals surface area (Å²) in [5.74, 6) is -0.113. The van der Waals surface area contributed by atoms with Crippen LogP contribution in [0.4, 0.5) is 0 Å². The fourth-order valence-electron chi connectivity index (χ4n) is 3.99. The largest absolute Gasteiger partial charge is 0.487 e. The SMILES string of the molecule is O=C(O)c1ccc(CCOCc2ccc3ccc(OCc4ccc5ccccc5n4)cc3c2)cc1. The standard InChI is InChI=1S/C30H25NO4/c32-30(33)25-9-5-21(6-10-25)15-16-34-19-22-7-8-23-12-14-28(18-26(23)17-22)35-20-27-13-11-24-3-1-2-4-29(24)31-27/h1-14,17-18H,15-16,19-20H2,(H,32,33). The molecule has 5 rings (SSSR count). The number of fused-ring (bicyclic) bond motifs is 2. The van der Waals surface area contributed by atoms with Crippen molar-refractivity contribution in [2.45, 2.75) is 19.6 Å². The molecule has 1 N–H and O–H groups in total. The molecular formula is C30H25NO4. The maximum absolute atomic E-state index is 11.0. The number of ether oxygens (including phenoxy) is 2. The maximum Gasteiger partial charge on any atom is 0.335 e. The Labute approximate surface area is 203 Å². The molecule has 4 aromatic carbocycles. The van der Waals surface area contributed by atoms with Crippen molar-refractivity contribution in [2.24, 2.45) is 0 Å². The molecule has 0 saturated carbocycles. The smallest absolute Gasteiger partial charge is 0.335 e. The van der Waals surface area contributed by atoms with Crippen LogP contribution in [-0.2, 0) is 24.4 Å². The third kappa shape index (κ3) is 5.65. The number of rotatable bonds is 9. The van der Waals surface area contributed by atoms with Crippen LogP contribution < -0.4 is 4.74 Å². The topological polar surface area (TPSA) is 68.7 Å². The zero-order valence-electron chi connectivity index (χ0n) is 19.2. The number of hydrogen-bond donors (Lipinski definition) is 1. The van der Waals surface area contributed by atoms with Gasteiger partial charge in [0.2, 0.25) is 0 Å². The first-order valence-electron chi connectivity index (χ1n) is 11.5. The molecule has 0 spiro atoms. The summed E-state index contributed by atoms with van der Waals surface area (Å²) in [6.07, 6.45) is 0.730. The van der Waals surface area contributed by atoms with Crippen LogP contribution in [0, 0.1) is 0 Å². The number of nitrogens with zero attached hydrogens (tertiary/aromatic N) is 1. The van der Waals surface area contributed by atoms with Crippen molar-refractivity contribution < 1.29 is 19.4 Å². The van der Waals surface area contributed by atoms with E-state index in [1.165, 1.54) is 0 Å². The van der Waals surface area contributed by atoms with E-state index in [2.05, 4.69) is 41.4 Å². The molecule has 5 nitrogen and oxygen atoms in total. The molecule has 5 aromatic rings. The van der Waals surface area contributed by atoms with Crippen LogP contribution in [0.25, 0.3) is 21.7 Å². The predicted octanol–water partition coefficient (Wildman–Crippen LogP) is 6.42. The van der Waals surface area contributed by atoms with Gasteiger partial charge in [0.05, 0.1) is 30.0 Å². The van der Waals surface area contributed by atoms with Gasteiger partial charge >= 0.3 is 5.97 Å². The number of benzene rings is 4. The molecule has 5 heteroatoms. The van der Waals surface area contributed by atoms with E-state index in [1.54, 1.807) is 12.1 Å². The molecule has 1 heterocycles. The third-order valence-electron chi connectivity index (χ3n) is 5.92. The summed E-state index contributed by atoms with van der Waals surface area (Å²) in [7, 11) is 0. The Hall–Kier alpha value is -4.22. The van der Waals surface area contributed by atoms with E-state index in [-0.39, 0.29) is 0 Å². The van der Waals surface area contributed by atoms with Gasteiger partial charge in [0.15, 0.2) is 0 Å². The van der Waals surface area contributed by atoms with E-state index < -0.39 is 5.97 Å². The Bertz CT molecular complexity index is 1480. The summed E-state index contributed by atoms with van der Waals surface area (Å²) in [5, 5.41) is 12.3. The average Bonchev–Trinajstić information content (AvgIpc) is 2.90. The number of carbonyl (C=O) groups is 1. The molecule has 0 atom stereocenters. The van der Waals surface area contributed by atoms with Crippen LogP contribution in [0.1, 0.15) is 27.2 Å². The van der Waals surface area contributed by atoms with Crippen LogP contribution in [0.3, 0.4) is 0 Å². The van der Waals surface area contributed by atoms with Crippen molar-refractivity contribution >= 4 is 27.6 Å². The summed E-state index contributed by atoms with van der Waals surface area (Å²) < 4.78 is 11.9. The zero-order valence-corrected chi connectivity index (χ0v) is 19.2. The van der Waals surface area contributed by atoms with Gasteiger partial charge in [-0.15, -0.1) is 0 Å². The second-order valence-electron chi connectivity index (χ2n) is 8.43. The summed E-state index contributed by atoms with van der Waals surface area (Å²) in [6, 6.07) is 31.4. The lowest BCUT2D eigenvalue weighted by Crippen LogP contribution is -2.01. The van der Waals surface area contributed by atoms with Gasteiger partial charge in [-0.2, -0.15) is 0 Å². The molecule has 0 aliphatic rings. The number of aromatic nitrogens is 1. The Morgan fingerprint density at radius 1 is 0.743 bits per heavy atom. The lowest BCUT2D eigenvalue weighted by Gasteiger charge is -2.09. The van der Waals surface area contributed by atoms with Crippen molar-refractivity contribution in [1.82, 2.24) is 4.98 Å². The first-order chi connectivity index (χ1) is 17.1. The fraction of sp³-hybridized carbons (Fsp3) is 0.133. The molecule has 0 unspecified atom stereocenters. The van der Waals surface area contributed by atoms with E-state index >= 15 is 0 Å². The van der Waals surface area contributed by atoms with Gasteiger partial charge in [-0.25, -0.2) is 9.78 Å². The number of aromatic carboxylic acids is 1. The lowest BCUT2D eigenvalue weighted by atomic mass is 10.1. The van der Waals surface area contributed by atoms with Crippen LogP contribution in [0.2, 0.25) is 0 Å². The van der Waals surface area contributed by atoms with E-state index in [0.29, 0.717) is 25.4 Å². The zero-order chi connectivity index (χ0) is 24.0. The minimum Gasteiger partial charge on any atom is -0.487 e. The van der Waals surface area contributed by atoms with Gasteiger partial charge in [0.1, 0.15) is 12.4 Å². The lowest BCUT2D eigenvalue weighted by molar-refractivity contribution is 0.0697. The minimum absolute atomic E-state index is 0.294. The minimum atomic E-state index is -0.914. The number of hydrogen-bond acceptors (Lipinski definition) is 4. The van der Waals surface area contributed by atoms with Crippen LogP contribution in [-0.4, -0.2) is 22.7 Å². The Kier molecular flexibility index (Phi) is 6.68. The third-order valence-corrected chi connectivity index (χ3v) is 5.92. The van der Waals surface area contributed by atoms with Crippen LogP contribution in [0.15, 0.2) is 97.1 Å². The molecule has 1 aromatic heterocycles. The van der Waals surface area contributed by atoms with Crippen molar-refractivity contribution in [1.29, 1.82) is 0 Å². The normalized spacial score (nSPS) is 11.1. The second-order valence-corrected chi connectivity index (χ2v) is 8.43. The van der Waals surface area contributed by atoms with Crippen LogP contribution in [0.5, 0.6) is 5.75 Å². The monoisotopic (exact) mass is 463 g/mol. The molecule has 35 heavy (non-hydrogen) atoms. The molecule has 0 radical (unpaired) electrons. The van der Waals surface area contributed by atoms with Crippen LogP contribution >= 0.6 is 0 Å². The second kappa shape index (κ2) is 10.4. The van der Waals surface area contributed by atoms with Gasteiger partial charge in [-0.1, -0.05) is 54.6 Å². The fourth-order valence-corrected chi connectivity index (χ4v) is 3.99. The van der Waals surface area contributed by atoms with Crippen molar-refractivity contribution in [3.8, 4) is 5.75 Å². The Morgan fingerprint density at radius 2 is 1.51 bits per heavy atom. The summed E-state index contributed by atoms with van der Waals surface area (Å²) in [4.78, 5) is 15.6. The van der Waals surface area contributed by atoms with Gasteiger partial charge < -0.3 is 14.6 Å². The molecule has 0 fully saturated rings. The summed E-state index contributed by atoms with van der Waals surface area (Å²) in [5.41, 5.74) is 4.29. The number of para-hydroxylation sites is 1. The van der Waals surface area contributed by atoms with Gasteiger partial charge in [0, 0.05) is 5.39 Å². The van der Waals surface area contributed by atoms with E-state index in [1.807, 2.05) is 48.5 Å². The first-order valence-corrected chi connectivity index (χ1v) is 11.5. The average molecular weight is 464 g/mol. The molecular weight excluding hydrogens is 438 g/mol. The first kappa shape index (κ1) is 22.6. The van der Waals surface area contributed by atoms with Gasteiger partial charge in [0.25, 0.3) is 0 Å². The van der Waals surface area contributed by atoms with Crippen molar-refractivity contribution in [3.63, 3.8) is 0 Å². The highest BCUT2D eigenvalue weighted by molar-refractivity contribution is 5.87. The molecule has 0 bridgehead atoms. The highest BCUT2D eigenvalue weighted by atomic mass is 16.5. The highest BCUT2D eigenvalue weighted by Gasteiger charge is 2.04. The summed E-state index contributed by atoms with van der Waals surface area (Å²) in [6.45, 7) is 1.48. The maximum atomic E-state index is 11.0. The van der Waals surface area contributed by atoms with E-state index in [0.717, 1.165) is 50.7 Å².